The van der Waals surface area contributed by atoms with E-state index in [1.165, 1.54) is 5.56 Å². The van der Waals surface area contributed by atoms with Crippen LogP contribution in [-0.4, -0.2) is 45.2 Å². The summed E-state index contributed by atoms with van der Waals surface area (Å²) in [6, 6.07) is 11.8. The number of nitrogens with zero attached hydrogens (tertiary/aromatic N) is 2. The number of halogens is 1. The number of furan rings is 1. The lowest BCUT2D eigenvalue weighted by atomic mass is 10.2. The summed E-state index contributed by atoms with van der Waals surface area (Å²) in [6.45, 7) is 2.75. The van der Waals surface area contributed by atoms with Gasteiger partial charge in [-0.25, -0.2) is 0 Å². The molecular weight excluding hydrogens is 471 g/mol. The van der Waals surface area contributed by atoms with Gasteiger partial charge in [0.1, 0.15) is 12.4 Å². The Kier molecular flexibility index (Phi) is 9.29. The first-order valence-electron chi connectivity index (χ1n) is 9.21. The summed E-state index contributed by atoms with van der Waals surface area (Å²) in [7, 11) is 1.69. The minimum atomic E-state index is 0. The van der Waals surface area contributed by atoms with Crippen molar-refractivity contribution in [3.63, 3.8) is 0 Å². The molecule has 2 N–H and O–H groups in total. The molecule has 0 aliphatic carbocycles. The molecule has 0 spiro atoms. The van der Waals surface area contributed by atoms with E-state index in [1.807, 2.05) is 35.2 Å². The molecule has 8 heteroatoms. The van der Waals surface area contributed by atoms with Crippen LogP contribution in [0.4, 0.5) is 5.69 Å². The number of fused-ring (bicyclic) bond motifs is 1. The summed E-state index contributed by atoms with van der Waals surface area (Å²) in [5, 5.41) is 6.27. The molecule has 7 nitrogen and oxygen atoms in total. The highest BCUT2D eigenvalue weighted by molar-refractivity contribution is 14.0. The number of anilines is 1. The van der Waals surface area contributed by atoms with Gasteiger partial charge in [0.15, 0.2) is 5.96 Å². The molecule has 0 bridgehead atoms. The fraction of sp³-hybridized carbons (Fsp3) is 0.400. The lowest BCUT2D eigenvalue weighted by Gasteiger charge is -2.18. The molecule has 1 aliphatic rings. The van der Waals surface area contributed by atoms with Crippen molar-refractivity contribution in [2.45, 2.75) is 19.4 Å². The zero-order valence-corrected chi connectivity index (χ0v) is 18.3. The molecule has 152 valence electrons. The number of ether oxygens (including phenoxy) is 1. The summed E-state index contributed by atoms with van der Waals surface area (Å²) in [5.41, 5.74) is 2.24. The number of rotatable bonds is 8. The second-order valence-electron chi connectivity index (χ2n) is 6.26. The van der Waals surface area contributed by atoms with Crippen molar-refractivity contribution in [3.8, 4) is 0 Å². The number of carbonyl (C=O) groups excluding carboxylic acids is 1. The Hall–Kier alpha value is -2.07. The number of para-hydroxylation sites is 1. The Morgan fingerprint density at radius 1 is 1.25 bits per heavy atom. The van der Waals surface area contributed by atoms with Gasteiger partial charge in [0.25, 0.3) is 0 Å². The Morgan fingerprint density at radius 2 is 2.11 bits per heavy atom. The van der Waals surface area contributed by atoms with Crippen LogP contribution in [-0.2, 0) is 22.6 Å². The zero-order valence-electron chi connectivity index (χ0n) is 16.0. The summed E-state index contributed by atoms with van der Waals surface area (Å²) in [6.07, 6.45) is 3.37. The highest BCUT2D eigenvalue weighted by atomic mass is 127. The quantitative estimate of drug-likeness (QED) is 0.253. The lowest BCUT2D eigenvalue weighted by Crippen LogP contribution is -2.44. The molecule has 0 atom stereocenters. The van der Waals surface area contributed by atoms with Crippen molar-refractivity contribution in [2.75, 3.05) is 38.2 Å². The van der Waals surface area contributed by atoms with Gasteiger partial charge < -0.3 is 24.7 Å². The van der Waals surface area contributed by atoms with E-state index < -0.39 is 0 Å². The van der Waals surface area contributed by atoms with Gasteiger partial charge in [-0.3, -0.25) is 9.79 Å². The molecule has 1 aromatic heterocycles. The first-order chi connectivity index (χ1) is 13.3. The third-order valence-electron chi connectivity index (χ3n) is 4.40. The Balaban J connectivity index is 0.00000280. The maximum Gasteiger partial charge on any atom is 0.246 e. The third kappa shape index (κ3) is 6.23. The van der Waals surface area contributed by atoms with E-state index in [9.17, 15) is 4.79 Å². The molecule has 1 amide bonds. The molecule has 2 heterocycles. The van der Waals surface area contributed by atoms with Crippen LogP contribution in [0.3, 0.4) is 0 Å². The number of amides is 1. The largest absolute Gasteiger partial charge is 0.467 e. The van der Waals surface area contributed by atoms with Crippen molar-refractivity contribution < 1.29 is 13.9 Å². The number of nitrogens with one attached hydrogen (secondary N) is 2. The van der Waals surface area contributed by atoms with Crippen molar-refractivity contribution in [1.82, 2.24) is 10.6 Å². The first-order valence-corrected chi connectivity index (χ1v) is 9.21. The van der Waals surface area contributed by atoms with E-state index in [4.69, 9.17) is 9.15 Å². The number of benzene rings is 1. The second kappa shape index (κ2) is 11.7. The van der Waals surface area contributed by atoms with E-state index in [-0.39, 0.29) is 36.4 Å². The van der Waals surface area contributed by atoms with Gasteiger partial charge in [-0.05, 0) is 36.6 Å². The molecule has 0 radical (unpaired) electrons. The van der Waals surface area contributed by atoms with Gasteiger partial charge >= 0.3 is 0 Å². The molecule has 1 aromatic carbocycles. The predicted octanol–water partition coefficient (Wildman–Crippen LogP) is 2.56. The number of hydrogen-bond donors (Lipinski definition) is 2. The smallest absolute Gasteiger partial charge is 0.246 e. The van der Waals surface area contributed by atoms with E-state index in [2.05, 4.69) is 21.7 Å². The summed E-state index contributed by atoms with van der Waals surface area (Å²) in [5.74, 6) is 1.48. The summed E-state index contributed by atoms with van der Waals surface area (Å²) < 4.78 is 10.7. The second-order valence-corrected chi connectivity index (χ2v) is 6.26. The zero-order chi connectivity index (χ0) is 18.9. The molecule has 1 aliphatic heterocycles. The third-order valence-corrected chi connectivity index (χ3v) is 4.40. The Morgan fingerprint density at radius 3 is 2.89 bits per heavy atom. The van der Waals surface area contributed by atoms with Gasteiger partial charge in [-0.2, -0.15) is 0 Å². The fourth-order valence-corrected chi connectivity index (χ4v) is 3.02. The van der Waals surface area contributed by atoms with Crippen LogP contribution in [0, 0.1) is 0 Å². The Labute approximate surface area is 182 Å². The SMILES string of the molecule is CN=C(NCCCOCc1ccco1)NCC(=O)N1CCc2ccccc21.I. The maximum absolute atomic E-state index is 12.5. The first kappa shape index (κ1) is 22.2. The summed E-state index contributed by atoms with van der Waals surface area (Å²) in [4.78, 5) is 18.5. The minimum Gasteiger partial charge on any atom is -0.467 e. The minimum absolute atomic E-state index is 0. The van der Waals surface area contributed by atoms with Crippen molar-refractivity contribution in [1.29, 1.82) is 0 Å². The molecule has 0 fully saturated rings. The van der Waals surface area contributed by atoms with Crippen LogP contribution in [0.2, 0.25) is 0 Å². The van der Waals surface area contributed by atoms with Gasteiger partial charge in [0.05, 0.1) is 12.8 Å². The average molecular weight is 498 g/mol. The average Bonchev–Trinajstić information content (AvgIpc) is 3.36. The molecule has 2 aromatic rings. The number of aliphatic imine (C=N–C) groups is 1. The standard InChI is InChI=1S/C20H26N4O3.HI/c1-21-20(22-10-5-12-26-15-17-7-4-13-27-17)23-14-19(25)24-11-9-16-6-2-3-8-18(16)24;/h2-4,6-8,13H,5,9-12,14-15H2,1H3,(H2,21,22,23);1H. The van der Waals surface area contributed by atoms with Crippen molar-refractivity contribution in [3.05, 3.63) is 54.0 Å². The topological polar surface area (TPSA) is 79.1 Å². The highest BCUT2D eigenvalue weighted by Gasteiger charge is 2.23. The molecule has 0 saturated carbocycles. The van der Waals surface area contributed by atoms with E-state index in [1.54, 1.807) is 13.3 Å². The maximum atomic E-state index is 12.5. The highest BCUT2D eigenvalue weighted by Crippen LogP contribution is 2.27. The van der Waals surface area contributed by atoms with E-state index >= 15 is 0 Å². The lowest BCUT2D eigenvalue weighted by molar-refractivity contribution is -0.117. The normalized spacial score (nSPS) is 13.0. The monoisotopic (exact) mass is 498 g/mol. The van der Waals surface area contributed by atoms with Crippen LogP contribution < -0.4 is 15.5 Å². The molecular formula is C20H27IN4O3. The summed E-state index contributed by atoms with van der Waals surface area (Å²) >= 11 is 0. The molecule has 28 heavy (non-hydrogen) atoms. The number of hydrogen-bond acceptors (Lipinski definition) is 4. The van der Waals surface area contributed by atoms with Gasteiger partial charge in [0.2, 0.25) is 5.91 Å². The fourth-order valence-electron chi connectivity index (χ4n) is 3.02. The van der Waals surface area contributed by atoms with Crippen LogP contribution in [0.25, 0.3) is 0 Å². The number of carbonyl (C=O) groups is 1. The van der Waals surface area contributed by atoms with Crippen molar-refractivity contribution in [2.24, 2.45) is 4.99 Å². The molecule has 0 saturated heterocycles. The van der Waals surface area contributed by atoms with Crippen molar-refractivity contribution >= 4 is 41.5 Å². The van der Waals surface area contributed by atoms with Gasteiger partial charge in [-0.1, -0.05) is 18.2 Å². The van der Waals surface area contributed by atoms with Crippen LogP contribution >= 0.6 is 24.0 Å². The predicted molar refractivity (Wildman–Crippen MR) is 120 cm³/mol. The van der Waals surface area contributed by atoms with Crippen LogP contribution in [0.15, 0.2) is 52.1 Å². The van der Waals surface area contributed by atoms with Gasteiger partial charge in [-0.15, -0.1) is 24.0 Å². The van der Waals surface area contributed by atoms with E-state index in [0.29, 0.717) is 25.7 Å². The molecule has 0 unspecified atom stereocenters. The number of guanidine groups is 1. The van der Waals surface area contributed by atoms with Crippen LogP contribution in [0.1, 0.15) is 17.7 Å². The van der Waals surface area contributed by atoms with E-state index in [0.717, 1.165) is 30.8 Å². The van der Waals surface area contributed by atoms with Crippen LogP contribution in [0.5, 0.6) is 0 Å². The molecule has 3 rings (SSSR count). The van der Waals surface area contributed by atoms with Gasteiger partial charge in [0, 0.05) is 32.4 Å². The Bertz CT molecular complexity index is 765.